The van der Waals surface area contributed by atoms with Crippen molar-refractivity contribution in [2.45, 2.75) is 45.6 Å². The molecule has 0 aromatic rings. The van der Waals surface area contributed by atoms with E-state index in [9.17, 15) is 0 Å². The Balaban J connectivity index is 2.37. The second-order valence-electron chi connectivity index (χ2n) is 4.48. The maximum atomic E-state index is 8.76. The molecule has 0 saturated heterocycles. The van der Waals surface area contributed by atoms with Crippen molar-refractivity contribution in [3.05, 3.63) is 0 Å². The lowest BCUT2D eigenvalue weighted by Gasteiger charge is -2.35. The number of rotatable bonds is 4. The zero-order chi connectivity index (χ0) is 9.68. The second-order valence-corrected chi connectivity index (χ2v) is 4.48. The van der Waals surface area contributed by atoms with E-state index in [-0.39, 0.29) is 6.61 Å². The standard InChI is InChI=1S/C11H23NO/c1-9(2)10-5-3-4-6-11(10)12-7-8-13/h9-13H,3-8H2,1-2H3. The van der Waals surface area contributed by atoms with Crippen LogP contribution in [0.25, 0.3) is 0 Å². The molecule has 2 unspecified atom stereocenters. The van der Waals surface area contributed by atoms with E-state index in [1.165, 1.54) is 25.7 Å². The Morgan fingerprint density at radius 2 is 2.00 bits per heavy atom. The average molecular weight is 185 g/mol. The average Bonchev–Trinajstić information content (AvgIpc) is 2.15. The predicted molar refractivity (Wildman–Crippen MR) is 55.7 cm³/mol. The van der Waals surface area contributed by atoms with E-state index in [2.05, 4.69) is 19.2 Å². The number of nitrogens with one attached hydrogen (secondary N) is 1. The highest BCUT2D eigenvalue weighted by molar-refractivity contribution is 4.82. The third-order valence-electron chi connectivity index (χ3n) is 3.19. The largest absolute Gasteiger partial charge is 0.395 e. The van der Waals surface area contributed by atoms with Crippen LogP contribution in [-0.4, -0.2) is 24.3 Å². The van der Waals surface area contributed by atoms with Crippen LogP contribution in [-0.2, 0) is 0 Å². The lowest BCUT2D eigenvalue weighted by molar-refractivity contribution is 0.192. The van der Waals surface area contributed by atoms with E-state index in [1.54, 1.807) is 0 Å². The minimum atomic E-state index is 0.265. The van der Waals surface area contributed by atoms with Gasteiger partial charge in [0, 0.05) is 12.6 Å². The summed E-state index contributed by atoms with van der Waals surface area (Å²) < 4.78 is 0. The minimum absolute atomic E-state index is 0.265. The first-order valence-corrected chi connectivity index (χ1v) is 5.60. The molecule has 1 saturated carbocycles. The van der Waals surface area contributed by atoms with Crippen molar-refractivity contribution in [2.75, 3.05) is 13.2 Å². The van der Waals surface area contributed by atoms with Gasteiger partial charge in [-0.15, -0.1) is 0 Å². The summed E-state index contributed by atoms with van der Waals surface area (Å²) >= 11 is 0. The van der Waals surface area contributed by atoms with Crippen LogP contribution in [0.5, 0.6) is 0 Å². The number of hydrogen-bond acceptors (Lipinski definition) is 2. The van der Waals surface area contributed by atoms with E-state index >= 15 is 0 Å². The molecule has 1 aliphatic rings. The summed E-state index contributed by atoms with van der Waals surface area (Å²) in [5.74, 6) is 1.59. The molecule has 0 amide bonds. The van der Waals surface area contributed by atoms with E-state index in [4.69, 9.17) is 5.11 Å². The highest BCUT2D eigenvalue weighted by Crippen LogP contribution is 2.29. The quantitative estimate of drug-likeness (QED) is 0.700. The van der Waals surface area contributed by atoms with E-state index in [1.807, 2.05) is 0 Å². The molecule has 0 spiro atoms. The first kappa shape index (κ1) is 11.0. The van der Waals surface area contributed by atoms with Gasteiger partial charge in [-0.25, -0.2) is 0 Å². The van der Waals surface area contributed by atoms with Gasteiger partial charge < -0.3 is 10.4 Å². The molecule has 13 heavy (non-hydrogen) atoms. The van der Waals surface area contributed by atoms with Crippen molar-refractivity contribution in [1.82, 2.24) is 5.32 Å². The van der Waals surface area contributed by atoms with Crippen molar-refractivity contribution in [1.29, 1.82) is 0 Å². The topological polar surface area (TPSA) is 32.3 Å². The van der Waals surface area contributed by atoms with Gasteiger partial charge in [-0.2, -0.15) is 0 Å². The summed E-state index contributed by atoms with van der Waals surface area (Å²) in [5.41, 5.74) is 0. The fraction of sp³-hybridized carbons (Fsp3) is 1.00. The number of aliphatic hydroxyl groups is 1. The SMILES string of the molecule is CC(C)C1CCCCC1NCCO. The second kappa shape index (κ2) is 5.61. The molecule has 2 heteroatoms. The Hall–Kier alpha value is -0.0800. The van der Waals surface area contributed by atoms with E-state index in [0.717, 1.165) is 18.4 Å². The normalized spacial score (nSPS) is 29.5. The Morgan fingerprint density at radius 3 is 2.62 bits per heavy atom. The van der Waals surface area contributed by atoms with Crippen molar-refractivity contribution in [2.24, 2.45) is 11.8 Å². The zero-order valence-electron chi connectivity index (χ0n) is 8.92. The van der Waals surface area contributed by atoms with Gasteiger partial charge in [0.05, 0.1) is 6.61 Å². The van der Waals surface area contributed by atoms with Gasteiger partial charge in [0.25, 0.3) is 0 Å². The summed E-state index contributed by atoms with van der Waals surface area (Å²) in [6.07, 6.45) is 5.40. The Morgan fingerprint density at radius 1 is 1.31 bits per heavy atom. The van der Waals surface area contributed by atoms with Crippen LogP contribution in [0.4, 0.5) is 0 Å². The first-order chi connectivity index (χ1) is 6.25. The van der Waals surface area contributed by atoms with Gasteiger partial charge in [-0.05, 0) is 24.7 Å². The van der Waals surface area contributed by atoms with Gasteiger partial charge in [-0.1, -0.05) is 26.7 Å². The van der Waals surface area contributed by atoms with E-state index < -0.39 is 0 Å². The summed E-state index contributed by atoms with van der Waals surface area (Å²) in [5, 5.41) is 12.2. The first-order valence-electron chi connectivity index (χ1n) is 5.60. The van der Waals surface area contributed by atoms with Crippen LogP contribution in [0, 0.1) is 11.8 Å². The molecular formula is C11H23NO. The van der Waals surface area contributed by atoms with Crippen LogP contribution in [0.15, 0.2) is 0 Å². The lowest BCUT2D eigenvalue weighted by Crippen LogP contribution is -2.41. The predicted octanol–water partition coefficient (Wildman–Crippen LogP) is 1.78. The molecule has 0 bridgehead atoms. The van der Waals surface area contributed by atoms with Crippen molar-refractivity contribution in [3.63, 3.8) is 0 Å². The van der Waals surface area contributed by atoms with Gasteiger partial charge in [0.1, 0.15) is 0 Å². The highest BCUT2D eigenvalue weighted by atomic mass is 16.3. The maximum Gasteiger partial charge on any atom is 0.0556 e. The van der Waals surface area contributed by atoms with Crippen molar-refractivity contribution >= 4 is 0 Å². The number of hydrogen-bond donors (Lipinski definition) is 2. The van der Waals surface area contributed by atoms with Gasteiger partial charge in [0.2, 0.25) is 0 Å². The third-order valence-corrected chi connectivity index (χ3v) is 3.19. The Bertz CT molecular complexity index is 136. The van der Waals surface area contributed by atoms with Crippen LogP contribution in [0.2, 0.25) is 0 Å². The maximum absolute atomic E-state index is 8.76. The van der Waals surface area contributed by atoms with E-state index in [0.29, 0.717) is 6.04 Å². The molecule has 2 nitrogen and oxygen atoms in total. The molecule has 0 heterocycles. The van der Waals surface area contributed by atoms with Crippen LogP contribution in [0.1, 0.15) is 39.5 Å². The monoisotopic (exact) mass is 185 g/mol. The highest BCUT2D eigenvalue weighted by Gasteiger charge is 2.26. The van der Waals surface area contributed by atoms with Crippen molar-refractivity contribution in [3.8, 4) is 0 Å². The fourth-order valence-electron chi connectivity index (χ4n) is 2.46. The lowest BCUT2D eigenvalue weighted by atomic mass is 9.78. The van der Waals surface area contributed by atoms with Crippen LogP contribution >= 0.6 is 0 Å². The molecule has 1 aliphatic carbocycles. The van der Waals surface area contributed by atoms with Crippen LogP contribution < -0.4 is 5.32 Å². The van der Waals surface area contributed by atoms with Gasteiger partial charge >= 0.3 is 0 Å². The van der Waals surface area contributed by atoms with Crippen molar-refractivity contribution < 1.29 is 5.11 Å². The molecule has 1 fully saturated rings. The number of aliphatic hydroxyl groups excluding tert-OH is 1. The molecule has 2 atom stereocenters. The third kappa shape index (κ3) is 3.28. The minimum Gasteiger partial charge on any atom is -0.395 e. The summed E-state index contributed by atoms with van der Waals surface area (Å²) in [7, 11) is 0. The Kier molecular flexibility index (Phi) is 4.74. The molecule has 0 aliphatic heterocycles. The fourth-order valence-corrected chi connectivity index (χ4v) is 2.46. The molecule has 0 aromatic carbocycles. The summed E-state index contributed by atoms with van der Waals surface area (Å²) in [6, 6.07) is 0.654. The molecule has 0 radical (unpaired) electrons. The molecule has 1 rings (SSSR count). The van der Waals surface area contributed by atoms with Gasteiger partial charge in [0.15, 0.2) is 0 Å². The molecule has 0 aromatic heterocycles. The zero-order valence-corrected chi connectivity index (χ0v) is 8.92. The van der Waals surface area contributed by atoms with Gasteiger partial charge in [-0.3, -0.25) is 0 Å². The molecule has 78 valence electrons. The van der Waals surface area contributed by atoms with Crippen LogP contribution in [0.3, 0.4) is 0 Å². The Labute approximate surface area is 81.7 Å². The smallest absolute Gasteiger partial charge is 0.0556 e. The molecular weight excluding hydrogens is 162 g/mol. The molecule has 2 N–H and O–H groups in total. The summed E-state index contributed by atoms with van der Waals surface area (Å²) in [6.45, 7) is 5.64. The summed E-state index contributed by atoms with van der Waals surface area (Å²) in [4.78, 5) is 0.